The van der Waals surface area contributed by atoms with Gasteiger partial charge in [-0.15, -0.1) is 0 Å². The van der Waals surface area contributed by atoms with Crippen LogP contribution in [-0.4, -0.2) is 49.8 Å². The Bertz CT molecular complexity index is 834. The molecule has 0 N–H and O–H groups in total. The van der Waals surface area contributed by atoms with Gasteiger partial charge in [0.05, 0.1) is 17.6 Å². The van der Waals surface area contributed by atoms with E-state index in [2.05, 4.69) is 41.5 Å². The van der Waals surface area contributed by atoms with E-state index in [9.17, 15) is 9.59 Å². The van der Waals surface area contributed by atoms with Crippen LogP contribution in [0, 0.1) is 22.7 Å². The molecule has 8 atom stereocenters. The maximum atomic E-state index is 13.5. The summed E-state index contributed by atoms with van der Waals surface area (Å²) in [7, 11) is -2.11. The standard InChI is InChI=1S/C24H38O6Si/c1-8-31(9-2,10-3)30-22-13-15(4)20(6)18(22)19(26)29-24(20)12-11-17-21(7,28-17)23(22,24)14-27-16(5)25/h15,17-18H,8-14H2,1-7H3/t15-,17+,18?,20-,21+,22-,23+,24+/m0/s1. The van der Waals surface area contributed by atoms with Gasteiger partial charge in [0.25, 0.3) is 0 Å². The number of epoxide rings is 1. The van der Waals surface area contributed by atoms with Crippen LogP contribution in [0.25, 0.3) is 0 Å². The summed E-state index contributed by atoms with van der Waals surface area (Å²) in [5.41, 5.74) is -2.94. The Kier molecular flexibility index (Phi) is 4.34. The fraction of sp³-hybridized carbons (Fsp3) is 0.917. The molecule has 2 saturated heterocycles. The Hall–Kier alpha value is -0.923. The van der Waals surface area contributed by atoms with Crippen LogP contribution in [0.5, 0.6) is 0 Å². The first kappa shape index (κ1) is 21.9. The number of carbonyl (C=O) groups excluding carboxylic acids is 2. The first-order chi connectivity index (χ1) is 14.5. The van der Waals surface area contributed by atoms with E-state index in [1.54, 1.807) is 0 Å². The van der Waals surface area contributed by atoms with E-state index < -0.39 is 30.5 Å². The highest BCUT2D eigenvalue weighted by Gasteiger charge is 3.00. The molecule has 3 saturated carbocycles. The first-order valence-electron chi connectivity index (χ1n) is 12.2. The molecule has 5 rings (SSSR count). The molecule has 7 heteroatoms. The van der Waals surface area contributed by atoms with Gasteiger partial charge in [0.2, 0.25) is 0 Å². The van der Waals surface area contributed by atoms with E-state index in [4.69, 9.17) is 18.6 Å². The molecular formula is C24H38O6Si. The molecule has 1 unspecified atom stereocenters. The van der Waals surface area contributed by atoms with Gasteiger partial charge in [-0.1, -0.05) is 34.6 Å². The normalized spacial score (nSPS) is 51.3. The molecular weight excluding hydrogens is 412 g/mol. The number of rotatable bonds is 7. The molecule has 0 aromatic rings. The van der Waals surface area contributed by atoms with Crippen LogP contribution >= 0.6 is 0 Å². The molecule has 5 fully saturated rings. The molecule has 31 heavy (non-hydrogen) atoms. The Morgan fingerprint density at radius 3 is 2.42 bits per heavy atom. The second-order valence-corrected chi connectivity index (χ2v) is 15.9. The summed E-state index contributed by atoms with van der Waals surface area (Å²) in [6.07, 6.45) is 2.52. The van der Waals surface area contributed by atoms with Crippen molar-refractivity contribution in [3.8, 4) is 0 Å². The van der Waals surface area contributed by atoms with Crippen molar-refractivity contribution in [2.75, 3.05) is 6.61 Å². The summed E-state index contributed by atoms with van der Waals surface area (Å²) in [6.45, 7) is 15.0. The molecule has 0 aromatic carbocycles. The molecule has 6 nitrogen and oxygen atoms in total. The molecule has 1 spiro atoms. The zero-order valence-electron chi connectivity index (χ0n) is 20.1. The van der Waals surface area contributed by atoms with Crippen LogP contribution < -0.4 is 0 Å². The lowest BCUT2D eigenvalue weighted by Gasteiger charge is -2.64. The average Bonchev–Trinajstić information content (AvgIpc) is 3.22. The van der Waals surface area contributed by atoms with E-state index in [-0.39, 0.29) is 41.9 Å². The molecule has 0 aromatic heterocycles. The minimum Gasteiger partial charge on any atom is -0.465 e. The SMILES string of the molecule is CC[Si](CC)(CC)O[C@@]12C[C@H](C)[C@@]3(C)C1C(=O)O[C@]31CC[C@H]3O[C@@]3(C)[C@@]12COC(C)=O. The molecule has 5 aliphatic rings. The third-order valence-electron chi connectivity index (χ3n) is 10.9. The van der Waals surface area contributed by atoms with E-state index in [1.165, 1.54) is 6.92 Å². The largest absolute Gasteiger partial charge is 0.465 e. The molecule has 0 amide bonds. The molecule has 4 bridgehead atoms. The van der Waals surface area contributed by atoms with Gasteiger partial charge in [-0.3, -0.25) is 9.59 Å². The number of hydrogen-bond acceptors (Lipinski definition) is 6. The molecule has 2 aliphatic heterocycles. The Labute approximate surface area is 186 Å². The van der Waals surface area contributed by atoms with Gasteiger partial charge in [0, 0.05) is 12.3 Å². The summed E-state index contributed by atoms with van der Waals surface area (Å²) in [5, 5.41) is 0. The van der Waals surface area contributed by atoms with Crippen molar-refractivity contribution in [3.63, 3.8) is 0 Å². The zero-order valence-corrected chi connectivity index (χ0v) is 21.1. The minimum absolute atomic E-state index is 0.105. The summed E-state index contributed by atoms with van der Waals surface area (Å²) in [5.74, 6) is -0.467. The predicted octanol–water partition coefficient (Wildman–Crippen LogP) is 4.22. The van der Waals surface area contributed by atoms with E-state index >= 15 is 0 Å². The van der Waals surface area contributed by atoms with Crippen molar-refractivity contribution in [1.29, 1.82) is 0 Å². The minimum atomic E-state index is -2.11. The van der Waals surface area contributed by atoms with Crippen LogP contribution in [0.15, 0.2) is 0 Å². The van der Waals surface area contributed by atoms with Gasteiger partial charge in [0.15, 0.2) is 8.32 Å². The second kappa shape index (κ2) is 6.14. The van der Waals surface area contributed by atoms with E-state index in [1.807, 2.05) is 0 Å². The molecule has 2 heterocycles. The van der Waals surface area contributed by atoms with Crippen molar-refractivity contribution in [1.82, 2.24) is 0 Å². The monoisotopic (exact) mass is 450 g/mol. The third-order valence-corrected chi connectivity index (χ3v) is 15.5. The lowest BCUT2D eigenvalue weighted by atomic mass is 9.46. The second-order valence-electron chi connectivity index (χ2n) is 11.2. The van der Waals surface area contributed by atoms with Gasteiger partial charge in [0.1, 0.15) is 23.2 Å². The van der Waals surface area contributed by atoms with Crippen LogP contribution in [-0.2, 0) is 28.2 Å². The molecule has 3 aliphatic carbocycles. The number of esters is 2. The quantitative estimate of drug-likeness (QED) is 0.328. The summed E-state index contributed by atoms with van der Waals surface area (Å²) in [4.78, 5) is 25.6. The zero-order chi connectivity index (χ0) is 22.7. The van der Waals surface area contributed by atoms with Crippen LogP contribution in [0.4, 0.5) is 0 Å². The maximum Gasteiger partial charge on any atom is 0.313 e. The van der Waals surface area contributed by atoms with E-state index in [0.717, 1.165) is 37.4 Å². The van der Waals surface area contributed by atoms with Crippen LogP contribution in [0.3, 0.4) is 0 Å². The average molecular weight is 451 g/mol. The molecule has 0 radical (unpaired) electrons. The number of hydrogen-bond donors (Lipinski definition) is 0. The lowest BCUT2D eigenvalue weighted by Crippen LogP contribution is -2.77. The van der Waals surface area contributed by atoms with E-state index in [0.29, 0.717) is 0 Å². The summed E-state index contributed by atoms with van der Waals surface area (Å²) >= 11 is 0. The van der Waals surface area contributed by atoms with Crippen molar-refractivity contribution < 1.29 is 28.2 Å². The highest BCUT2D eigenvalue weighted by atomic mass is 28.4. The first-order valence-corrected chi connectivity index (χ1v) is 14.8. The van der Waals surface area contributed by atoms with Gasteiger partial charge >= 0.3 is 11.9 Å². The van der Waals surface area contributed by atoms with Crippen LogP contribution in [0.1, 0.15) is 67.7 Å². The van der Waals surface area contributed by atoms with Crippen LogP contribution in [0.2, 0.25) is 18.1 Å². The van der Waals surface area contributed by atoms with Gasteiger partial charge in [-0.05, 0) is 50.2 Å². The number of carbonyl (C=O) groups is 2. The van der Waals surface area contributed by atoms with Gasteiger partial charge < -0.3 is 18.6 Å². The summed E-state index contributed by atoms with van der Waals surface area (Å²) in [6, 6.07) is 3.02. The Morgan fingerprint density at radius 2 is 1.84 bits per heavy atom. The fourth-order valence-corrected chi connectivity index (χ4v) is 12.1. The van der Waals surface area contributed by atoms with Crippen molar-refractivity contribution >= 4 is 20.3 Å². The van der Waals surface area contributed by atoms with Crippen molar-refractivity contribution in [2.24, 2.45) is 22.7 Å². The highest BCUT2D eigenvalue weighted by Crippen LogP contribution is 2.87. The number of fused-ring (bicyclic) bond motifs is 3. The summed E-state index contributed by atoms with van der Waals surface area (Å²) < 4.78 is 26.2. The maximum absolute atomic E-state index is 13.5. The topological polar surface area (TPSA) is 74.4 Å². The fourth-order valence-electron chi connectivity index (χ4n) is 9.06. The smallest absolute Gasteiger partial charge is 0.313 e. The van der Waals surface area contributed by atoms with Gasteiger partial charge in [-0.2, -0.15) is 0 Å². The number of ether oxygens (including phenoxy) is 3. The van der Waals surface area contributed by atoms with Gasteiger partial charge in [-0.25, -0.2) is 0 Å². The highest BCUT2D eigenvalue weighted by molar-refractivity contribution is 6.73. The third kappa shape index (κ3) is 2.01. The Morgan fingerprint density at radius 1 is 1.19 bits per heavy atom. The Balaban J connectivity index is 1.78. The van der Waals surface area contributed by atoms with Crippen molar-refractivity contribution in [3.05, 3.63) is 0 Å². The van der Waals surface area contributed by atoms with Crippen molar-refractivity contribution in [2.45, 2.75) is 109 Å². The lowest BCUT2D eigenvalue weighted by molar-refractivity contribution is -0.275. The predicted molar refractivity (Wildman–Crippen MR) is 117 cm³/mol. The molecule has 174 valence electrons.